The Morgan fingerprint density at radius 3 is 2.71 bits per heavy atom. The van der Waals surface area contributed by atoms with Gasteiger partial charge in [-0.2, -0.15) is 0 Å². The van der Waals surface area contributed by atoms with Gasteiger partial charge in [0.05, 0.1) is 4.47 Å². The molecule has 0 atom stereocenters. The molecule has 0 unspecified atom stereocenters. The highest BCUT2D eigenvalue weighted by molar-refractivity contribution is 9.10. The summed E-state index contributed by atoms with van der Waals surface area (Å²) in [5.41, 5.74) is 2.20. The predicted octanol–water partition coefficient (Wildman–Crippen LogP) is 3.52. The predicted molar refractivity (Wildman–Crippen MR) is 87.6 cm³/mol. The normalized spacial score (nSPS) is 10.4. The number of halogens is 1. The number of hydrogen-bond acceptors (Lipinski definition) is 3. The zero-order valence-corrected chi connectivity index (χ0v) is 13.3. The minimum Gasteiger partial charge on any atom is -0.507 e. The molecule has 0 aliphatic rings. The van der Waals surface area contributed by atoms with Crippen molar-refractivity contribution >= 4 is 27.5 Å². The quantitative estimate of drug-likeness (QED) is 0.774. The summed E-state index contributed by atoms with van der Waals surface area (Å²) in [5, 5.41) is 15.8. The van der Waals surface area contributed by atoms with Gasteiger partial charge in [0.25, 0.3) is 5.91 Å². The van der Waals surface area contributed by atoms with Crippen molar-refractivity contribution in [3.05, 3.63) is 58.1 Å². The van der Waals surface area contributed by atoms with Crippen LogP contribution in [0.5, 0.6) is 5.75 Å². The third-order valence-electron chi connectivity index (χ3n) is 3.04. The maximum absolute atomic E-state index is 12.2. The summed E-state index contributed by atoms with van der Waals surface area (Å²) >= 11 is 3.20. The van der Waals surface area contributed by atoms with Crippen molar-refractivity contribution in [2.24, 2.45) is 0 Å². The number of anilines is 1. The van der Waals surface area contributed by atoms with Crippen LogP contribution in [0.1, 0.15) is 22.8 Å². The number of aromatic hydroxyl groups is 1. The molecule has 0 aliphatic heterocycles. The molecule has 4 nitrogen and oxygen atoms in total. The number of phenols is 1. The van der Waals surface area contributed by atoms with Crippen LogP contribution in [0, 0.1) is 0 Å². The largest absolute Gasteiger partial charge is 0.507 e. The molecule has 0 saturated heterocycles. The van der Waals surface area contributed by atoms with E-state index in [0.717, 1.165) is 17.8 Å². The van der Waals surface area contributed by atoms with Gasteiger partial charge in [0.2, 0.25) is 0 Å². The van der Waals surface area contributed by atoms with E-state index in [4.69, 9.17) is 0 Å². The van der Waals surface area contributed by atoms with Gasteiger partial charge >= 0.3 is 0 Å². The minimum atomic E-state index is -0.248. The molecule has 2 rings (SSSR count). The molecule has 0 fully saturated rings. The summed E-state index contributed by atoms with van der Waals surface area (Å²) in [6, 6.07) is 12.4. The summed E-state index contributed by atoms with van der Waals surface area (Å²) < 4.78 is 0.562. The molecular formula is C16H17BrN2O2. The first kappa shape index (κ1) is 15.5. The van der Waals surface area contributed by atoms with Crippen LogP contribution in [0.25, 0.3) is 0 Å². The maximum Gasteiger partial charge on any atom is 0.255 e. The molecule has 1 amide bonds. The van der Waals surface area contributed by atoms with Gasteiger partial charge in [-0.3, -0.25) is 4.79 Å². The lowest BCUT2D eigenvalue weighted by atomic mass is 10.1. The minimum absolute atomic E-state index is 0.0450. The number of amides is 1. The van der Waals surface area contributed by atoms with E-state index in [1.165, 1.54) is 6.07 Å². The molecule has 5 heteroatoms. The van der Waals surface area contributed by atoms with Crippen LogP contribution in [0.2, 0.25) is 0 Å². The van der Waals surface area contributed by atoms with Crippen molar-refractivity contribution in [2.45, 2.75) is 13.5 Å². The van der Waals surface area contributed by atoms with E-state index in [0.29, 0.717) is 16.6 Å². The van der Waals surface area contributed by atoms with Crippen LogP contribution in [-0.2, 0) is 6.54 Å². The van der Waals surface area contributed by atoms with E-state index >= 15 is 0 Å². The first-order chi connectivity index (χ1) is 10.1. The second-order valence-electron chi connectivity index (χ2n) is 4.56. The van der Waals surface area contributed by atoms with Crippen LogP contribution in [0.3, 0.4) is 0 Å². The Bertz CT molecular complexity index is 644. The molecule has 0 spiro atoms. The number of nitrogens with one attached hydrogen (secondary N) is 2. The average molecular weight is 349 g/mol. The van der Waals surface area contributed by atoms with E-state index in [2.05, 4.69) is 26.6 Å². The monoisotopic (exact) mass is 348 g/mol. The Balaban J connectivity index is 2.17. The number of phenolic OH excluding ortho intramolecular Hbond substituents is 1. The van der Waals surface area contributed by atoms with Crippen molar-refractivity contribution in [1.29, 1.82) is 0 Å². The van der Waals surface area contributed by atoms with Crippen LogP contribution < -0.4 is 10.6 Å². The van der Waals surface area contributed by atoms with E-state index in [1.807, 2.05) is 31.2 Å². The molecular weight excluding hydrogens is 332 g/mol. The Morgan fingerprint density at radius 1 is 1.24 bits per heavy atom. The zero-order valence-electron chi connectivity index (χ0n) is 11.7. The first-order valence-electron chi connectivity index (χ1n) is 6.70. The Hall–Kier alpha value is -1.85. The molecule has 0 radical (unpaired) electrons. The fourth-order valence-electron chi connectivity index (χ4n) is 1.90. The molecule has 0 aliphatic carbocycles. The molecule has 0 saturated carbocycles. The molecule has 110 valence electrons. The van der Waals surface area contributed by atoms with Gasteiger partial charge in [-0.25, -0.2) is 0 Å². The number of benzene rings is 2. The van der Waals surface area contributed by atoms with Gasteiger partial charge in [0.1, 0.15) is 5.75 Å². The fourth-order valence-corrected chi connectivity index (χ4v) is 2.15. The van der Waals surface area contributed by atoms with Crippen molar-refractivity contribution in [3.8, 4) is 5.75 Å². The lowest BCUT2D eigenvalue weighted by Gasteiger charge is -2.11. The van der Waals surface area contributed by atoms with Gasteiger partial charge in [-0.05, 0) is 52.3 Å². The van der Waals surface area contributed by atoms with Crippen molar-refractivity contribution in [2.75, 3.05) is 11.9 Å². The van der Waals surface area contributed by atoms with Gasteiger partial charge in [-0.1, -0.05) is 25.1 Å². The number of hydrogen-bond donors (Lipinski definition) is 3. The maximum atomic E-state index is 12.2. The topological polar surface area (TPSA) is 61.4 Å². The highest BCUT2D eigenvalue weighted by atomic mass is 79.9. The third kappa shape index (κ3) is 4.06. The van der Waals surface area contributed by atoms with Crippen molar-refractivity contribution in [1.82, 2.24) is 5.32 Å². The summed E-state index contributed by atoms with van der Waals surface area (Å²) in [6.45, 7) is 3.59. The van der Waals surface area contributed by atoms with E-state index in [-0.39, 0.29) is 11.7 Å². The fraction of sp³-hybridized carbons (Fsp3) is 0.188. The molecule has 2 aromatic rings. The summed E-state index contributed by atoms with van der Waals surface area (Å²) in [7, 11) is 0. The highest BCUT2D eigenvalue weighted by Gasteiger charge is 2.10. The van der Waals surface area contributed by atoms with E-state index in [1.54, 1.807) is 12.1 Å². The summed E-state index contributed by atoms with van der Waals surface area (Å²) in [4.78, 5) is 12.2. The molecule has 3 N–H and O–H groups in total. The molecule has 0 heterocycles. The number of carbonyl (C=O) groups is 1. The standard InChI is InChI=1S/C16H17BrN2O2/c1-2-18-10-12-5-3-4-6-14(12)19-16(21)11-7-8-13(17)15(20)9-11/h3-9,18,20H,2,10H2,1H3,(H,19,21). The lowest BCUT2D eigenvalue weighted by molar-refractivity contribution is 0.102. The summed E-state index contributed by atoms with van der Waals surface area (Å²) in [5.74, 6) is -0.203. The van der Waals surface area contributed by atoms with Crippen molar-refractivity contribution < 1.29 is 9.90 Å². The second-order valence-corrected chi connectivity index (χ2v) is 5.41. The number of rotatable bonds is 5. The number of para-hydroxylation sites is 1. The summed E-state index contributed by atoms with van der Waals surface area (Å²) in [6.07, 6.45) is 0. The van der Waals surface area contributed by atoms with Crippen LogP contribution >= 0.6 is 15.9 Å². The number of carbonyl (C=O) groups excluding carboxylic acids is 1. The van der Waals surface area contributed by atoms with Gasteiger partial charge < -0.3 is 15.7 Å². The van der Waals surface area contributed by atoms with Crippen LogP contribution in [0.4, 0.5) is 5.69 Å². The Kier molecular flexibility index (Phi) is 5.36. The van der Waals surface area contributed by atoms with Gasteiger partial charge in [0, 0.05) is 17.8 Å². The van der Waals surface area contributed by atoms with E-state index in [9.17, 15) is 9.90 Å². The molecule has 21 heavy (non-hydrogen) atoms. The smallest absolute Gasteiger partial charge is 0.255 e. The van der Waals surface area contributed by atoms with Gasteiger partial charge in [-0.15, -0.1) is 0 Å². The van der Waals surface area contributed by atoms with Gasteiger partial charge in [0.15, 0.2) is 0 Å². The SMILES string of the molecule is CCNCc1ccccc1NC(=O)c1ccc(Br)c(O)c1. The van der Waals surface area contributed by atoms with Crippen LogP contribution in [-0.4, -0.2) is 17.6 Å². The molecule has 2 aromatic carbocycles. The van der Waals surface area contributed by atoms with Crippen LogP contribution in [0.15, 0.2) is 46.9 Å². The molecule has 0 bridgehead atoms. The van der Waals surface area contributed by atoms with Crippen molar-refractivity contribution in [3.63, 3.8) is 0 Å². The Labute approximate surface area is 132 Å². The highest BCUT2D eigenvalue weighted by Crippen LogP contribution is 2.25. The lowest BCUT2D eigenvalue weighted by Crippen LogP contribution is -2.17. The molecule has 0 aromatic heterocycles. The first-order valence-corrected chi connectivity index (χ1v) is 7.49. The van der Waals surface area contributed by atoms with E-state index < -0.39 is 0 Å². The Morgan fingerprint density at radius 2 is 2.00 bits per heavy atom. The average Bonchev–Trinajstić information content (AvgIpc) is 2.49. The second kappa shape index (κ2) is 7.24. The zero-order chi connectivity index (χ0) is 15.2. The third-order valence-corrected chi connectivity index (χ3v) is 3.71.